The van der Waals surface area contributed by atoms with Crippen LogP contribution in [-0.2, 0) is 6.42 Å². The molecule has 0 aliphatic carbocycles. The largest absolute Gasteiger partial charge is 0.478 e. The van der Waals surface area contributed by atoms with Gasteiger partial charge in [0.15, 0.2) is 0 Å². The van der Waals surface area contributed by atoms with E-state index in [1.54, 1.807) is 18.2 Å². The van der Waals surface area contributed by atoms with Crippen molar-refractivity contribution in [2.45, 2.75) is 20.3 Å². The molecule has 0 spiro atoms. The molecule has 1 heterocycles. The van der Waals surface area contributed by atoms with E-state index in [2.05, 4.69) is 4.98 Å². The van der Waals surface area contributed by atoms with Crippen molar-refractivity contribution >= 4 is 28.5 Å². The van der Waals surface area contributed by atoms with Gasteiger partial charge in [0.25, 0.3) is 0 Å². The summed E-state index contributed by atoms with van der Waals surface area (Å²) in [6, 6.07) is 5.12. The molecule has 88 valence electrons. The molecule has 2 aromatic rings. The number of aryl methyl sites for hydroxylation is 1. The Morgan fingerprint density at radius 3 is 2.76 bits per heavy atom. The predicted molar refractivity (Wildman–Crippen MR) is 67.8 cm³/mol. The highest BCUT2D eigenvalue weighted by molar-refractivity contribution is 6.31. The maximum atomic E-state index is 11.4. The van der Waals surface area contributed by atoms with Crippen molar-refractivity contribution in [3.8, 4) is 0 Å². The summed E-state index contributed by atoms with van der Waals surface area (Å²) in [5, 5.41) is 10.5. The van der Waals surface area contributed by atoms with Crippen LogP contribution in [0, 0.1) is 6.92 Å². The number of hydrogen-bond donors (Lipinski definition) is 1. The molecule has 0 aliphatic rings. The van der Waals surface area contributed by atoms with Gasteiger partial charge in [-0.1, -0.05) is 18.5 Å². The summed E-state index contributed by atoms with van der Waals surface area (Å²) in [4.78, 5) is 15.8. The van der Waals surface area contributed by atoms with Crippen molar-refractivity contribution in [2.75, 3.05) is 0 Å². The summed E-state index contributed by atoms with van der Waals surface area (Å²) in [7, 11) is 0. The summed E-state index contributed by atoms with van der Waals surface area (Å²) >= 11 is 5.91. The zero-order chi connectivity index (χ0) is 12.6. The molecule has 1 aromatic carbocycles. The highest BCUT2D eigenvalue weighted by atomic mass is 35.5. The number of carboxylic acids is 1. The Labute approximate surface area is 104 Å². The molecule has 1 aromatic heterocycles. The summed E-state index contributed by atoms with van der Waals surface area (Å²) in [6.07, 6.45) is 0.642. The number of rotatable bonds is 2. The summed E-state index contributed by atoms with van der Waals surface area (Å²) in [5.74, 6) is -0.931. The lowest BCUT2D eigenvalue weighted by molar-refractivity contribution is 0.0697. The summed E-state index contributed by atoms with van der Waals surface area (Å²) < 4.78 is 0. The van der Waals surface area contributed by atoms with Crippen LogP contribution in [-0.4, -0.2) is 16.1 Å². The number of benzene rings is 1. The van der Waals surface area contributed by atoms with Gasteiger partial charge in [0.05, 0.1) is 11.1 Å². The molecule has 0 aliphatic heterocycles. The third-order valence-corrected chi connectivity index (χ3v) is 3.06. The van der Waals surface area contributed by atoms with Crippen LogP contribution in [0.2, 0.25) is 5.02 Å². The smallest absolute Gasteiger partial charge is 0.336 e. The number of aromatic nitrogens is 1. The second-order valence-electron chi connectivity index (χ2n) is 3.87. The molecule has 3 nitrogen and oxygen atoms in total. The normalized spacial score (nSPS) is 10.8. The summed E-state index contributed by atoms with van der Waals surface area (Å²) in [6.45, 7) is 3.76. The highest BCUT2D eigenvalue weighted by Crippen LogP contribution is 2.26. The van der Waals surface area contributed by atoms with Gasteiger partial charge in [-0.05, 0) is 37.1 Å². The maximum absolute atomic E-state index is 11.4. The van der Waals surface area contributed by atoms with Crippen molar-refractivity contribution in [3.63, 3.8) is 0 Å². The number of halogens is 1. The molecule has 0 amide bonds. The minimum absolute atomic E-state index is 0.317. The monoisotopic (exact) mass is 249 g/mol. The van der Waals surface area contributed by atoms with Crippen LogP contribution in [0.25, 0.3) is 10.9 Å². The number of carbonyl (C=O) groups is 1. The minimum atomic E-state index is -0.931. The second kappa shape index (κ2) is 4.34. The van der Waals surface area contributed by atoms with Crippen molar-refractivity contribution in [1.82, 2.24) is 4.98 Å². The van der Waals surface area contributed by atoms with Crippen LogP contribution < -0.4 is 0 Å². The first-order valence-corrected chi connectivity index (χ1v) is 5.74. The first-order chi connectivity index (χ1) is 8.04. The number of hydrogen-bond acceptors (Lipinski definition) is 2. The van der Waals surface area contributed by atoms with Crippen molar-refractivity contribution in [3.05, 3.63) is 40.0 Å². The SMILES string of the molecule is CCc1c(C)nc2ccc(Cl)cc2c1C(=O)O. The topological polar surface area (TPSA) is 50.2 Å². The molecule has 4 heteroatoms. The molecule has 0 radical (unpaired) electrons. The molecule has 0 saturated carbocycles. The van der Waals surface area contributed by atoms with E-state index >= 15 is 0 Å². The van der Waals surface area contributed by atoms with Crippen molar-refractivity contribution in [2.24, 2.45) is 0 Å². The first kappa shape index (κ1) is 11.9. The fourth-order valence-electron chi connectivity index (χ4n) is 2.07. The molecule has 0 saturated heterocycles. The fraction of sp³-hybridized carbons (Fsp3) is 0.231. The predicted octanol–water partition coefficient (Wildman–Crippen LogP) is 3.46. The lowest BCUT2D eigenvalue weighted by Gasteiger charge is -2.11. The van der Waals surface area contributed by atoms with Gasteiger partial charge in [0.1, 0.15) is 0 Å². The number of pyridine rings is 1. The van der Waals surface area contributed by atoms with E-state index in [1.807, 2.05) is 13.8 Å². The van der Waals surface area contributed by atoms with Gasteiger partial charge >= 0.3 is 5.97 Å². The summed E-state index contributed by atoms with van der Waals surface area (Å²) in [5.41, 5.74) is 2.52. The molecular weight excluding hydrogens is 238 g/mol. The standard InChI is InChI=1S/C13H12ClNO2/c1-3-9-7(2)15-11-5-4-8(14)6-10(11)12(9)13(16)17/h4-6H,3H2,1-2H3,(H,16,17). The van der Waals surface area contributed by atoms with E-state index in [-0.39, 0.29) is 0 Å². The molecule has 17 heavy (non-hydrogen) atoms. The Hall–Kier alpha value is -1.61. The van der Waals surface area contributed by atoms with E-state index < -0.39 is 5.97 Å². The molecule has 2 rings (SSSR count). The van der Waals surface area contributed by atoms with E-state index in [0.29, 0.717) is 27.9 Å². The van der Waals surface area contributed by atoms with E-state index in [0.717, 1.165) is 11.3 Å². The molecule has 0 bridgehead atoms. The lowest BCUT2D eigenvalue weighted by atomic mass is 9.99. The number of fused-ring (bicyclic) bond motifs is 1. The van der Waals surface area contributed by atoms with Crippen molar-refractivity contribution < 1.29 is 9.90 Å². The van der Waals surface area contributed by atoms with Crippen molar-refractivity contribution in [1.29, 1.82) is 0 Å². The van der Waals surface area contributed by atoms with Crippen LogP contribution in [0.1, 0.15) is 28.5 Å². The van der Waals surface area contributed by atoms with E-state index in [9.17, 15) is 9.90 Å². The van der Waals surface area contributed by atoms with E-state index in [4.69, 9.17) is 11.6 Å². The van der Waals surface area contributed by atoms with Gasteiger partial charge in [-0.3, -0.25) is 4.98 Å². The van der Waals surface area contributed by atoms with Gasteiger partial charge in [-0.25, -0.2) is 4.79 Å². The average Bonchev–Trinajstić information content (AvgIpc) is 2.27. The van der Waals surface area contributed by atoms with Gasteiger partial charge < -0.3 is 5.11 Å². The third kappa shape index (κ3) is 1.98. The first-order valence-electron chi connectivity index (χ1n) is 5.36. The van der Waals surface area contributed by atoms with Gasteiger partial charge in [0, 0.05) is 16.1 Å². The molecule has 0 atom stereocenters. The Balaban J connectivity index is 2.94. The Morgan fingerprint density at radius 2 is 2.18 bits per heavy atom. The zero-order valence-electron chi connectivity index (χ0n) is 9.62. The Bertz CT molecular complexity index is 608. The second-order valence-corrected chi connectivity index (χ2v) is 4.31. The molecule has 0 fully saturated rings. The Morgan fingerprint density at radius 1 is 1.47 bits per heavy atom. The lowest BCUT2D eigenvalue weighted by Crippen LogP contribution is -2.07. The fourth-order valence-corrected chi connectivity index (χ4v) is 2.25. The molecule has 1 N–H and O–H groups in total. The van der Waals surface area contributed by atoms with Crippen LogP contribution >= 0.6 is 11.6 Å². The average molecular weight is 250 g/mol. The molecule has 0 unspecified atom stereocenters. The van der Waals surface area contributed by atoms with Crippen LogP contribution in [0.4, 0.5) is 0 Å². The quantitative estimate of drug-likeness (QED) is 0.887. The van der Waals surface area contributed by atoms with Crippen LogP contribution in [0.3, 0.4) is 0 Å². The minimum Gasteiger partial charge on any atom is -0.478 e. The van der Waals surface area contributed by atoms with E-state index in [1.165, 1.54) is 0 Å². The number of nitrogens with zero attached hydrogens (tertiary/aromatic N) is 1. The zero-order valence-corrected chi connectivity index (χ0v) is 10.4. The van der Waals surface area contributed by atoms with Gasteiger partial charge in [-0.2, -0.15) is 0 Å². The van der Waals surface area contributed by atoms with Gasteiger partial charge in [0.2, 0.25) is 0 Å². The maximum Gasteiger partial charge on any atom is 0.336 e. The third-order valence-electron chi connectivity index (χ3n) is 2.82. The highest BCUT2D eigenvalue weighted by Gasteiger charge is 2.17. The Kier molecular flexibility index (Phi) is 3.03. The molecular formula is C13H12ClNO2. The number of carboxylic acid groups (broad SMARTS) is 1. The number of aromatic carboxylic acids is 1. The van der Waals surface area contributed by atoms with Crippen LogP contribution in [0.15, 0.2) is 18.2 Å². The van der Waals surface area contributed by atoms with Crippen LogP contribution in [0.5, 0.6) is 0 Å². The van der Waals surface area contributed by atoms with Gasteiger partial charge in [-0.15, -0.1) is 0 Å².